The predicted octanol–water partition coefficient (Wildman–Crippen LogP) is 2.80. The van der Waals surface area contributed by atoms with Crippen LogP contribution in [0.2, 0.25) is 0 Å². The molecule has 6 nitrogen and oxygen atoms in total. The lowest BCUT2D eigenvalue weighted by Gasteiger charge is -2.07. The van der Waals surface area contributed by atoms with Crippen LogP contribution in [0, 0.1) is 5.82 Å². The fourth-order valence-corrected chi connectivity index (χ4v) is 2.21. The minimum atomic E-state index is -0.486. The largest absolute Gasteiger partial charge is 0.348 e. The molecule has 3 rings (SSSR count). The topological polar surface area (TPSA) is 84.0 Å². The van der Waals surface area contributed by atoms with Crippen molar-refractivity contribution < 1.29 is 14.0 Å². The Morgan fingerprint density at radius 3 is 2.38 bits per heavy atom. The van der Waals surface area contributed by atoms with E-state index in [1.807, 2.05) is 0 Å². The smallest absolute Gasteiger partial charge is 0.274 e. The van der Waals surface area contributed by atoms with Crippen molar-refractivity contribution in [3.63, 3.8) is 0 Å². The van der Waals surface area contributed by atoms with Gasteiger partial charge in [-0.3, -0.25) is 19.6 Å². The van der Waals surface area contributed by atoms with E-state index in [4.69, 9.17) is 0 Å². The molecule has 0 aliphatic carbocycles. The van der Waals surface area contributed by atoms with Crippen LogP contribution in [0.3, 0.4) is 0 Å². The number of carbonyl (C=O) groups excluding carboxylic acids is 2. The summed E-state index contributed by atoms with van der Waals surface area (Å²) in [6.07, 6.45) is 4.68. The molecule has 3 aromatic rings. The van der Waals surface area contributed by atoms with Crippen LogP contribution in [0.5, 0.6) is 0 Å². The Kier molecular flexibility index (Phi) is 5.28. The van der Waals surface area contributed by atoms with E-state index in [9.17, 15) is 14.0 Å². The van der Waals surface area contributed by atoms with Crippen LogP contribution >= 0.6 is 0 Å². The van der Waals surface area contributed by atoms with Gasteiger partial charge in [0.2, 0.25) is 0 Å². The second kappa shape index (κ2) is 7.98. The molecule has 0 saturated carbocycles. The van der Waals surface area contributed by atoms with Gasteiger partial charge in [0.15, 0.2) is 0 Å². The van der Waals surface area contributed by atoms with Gasteiger partial charge in [0, 0.05) is 36.4 Å². The molecule has 0 saturated heterocycles. The highest BCUT2D eigenvalue weighted by molar-refractivity contribution is 6.04. The summed E-state index contributed by atoms with van der Waals surface area (Å²) >= 11 is 0. The Bertz CT molecular complexity index is 914. The van der Waals surface area contributed by atoms with Crippen molar-refractivity contribution >= 4 is 17.5 Å². The second-order valence-electron chi connectivity index (χ2n) is 5.43. The van der Waals surface area contributed by atoms with Crippen molar-refractivity contribution in [2.75, 3.05) is 5.32 Å². The quantitative estimate of drug-likeness (QED) is 0.741. The van der Waals surface area contributed by atoms with Gasteiger partial charge in [-0.2, -0.15) is 0 Å². The molecular formula is C19H15FN4O2. The number of hydrogen-bond acceptors (Lipinski definition) is 4. The minimum absolute atomic E-state index is 0.0888. The number of rotatable bonds is 5. The van der Waals surface area contributed by atoms with Gasteiger partial charge in [-0.1, -0.05) is 0 Å². The van der Waals surface area contributed by atoms with E-state index in [1.54, 1.807) is 24.5 Å². The maximum absolute atomic E-state index is 12.9. The number of carbonyl (C=O) groups is 2. The van der Waals surface area contributed by atoms with Gasteiger partial charge < -0.3 is 10.6 Å². The molecule has 0 spiro atoms. The SMILES string of the molecule is O=C(NCc1ccncc1)c1ccnc(C(=O)Nc2ccc(F)cc2)c1. The molecule has 0 bridgehead atoms. The number of pyridine rings is 2. The number of amides is 2. The fraction of sp³-hybridized carbons (Fsp3) is 0.0526. The molecule has 0 radical (unpaired) electrons. The van der Waals surface area contributed by atoms with Crippen molar-refractivity contribution in [2.24, 2.45) is 0 Å². The average molecular weight is 350 g/mol. The highest BCUT2D eigenvalue weighted by Crippen LogP contribution is 2.11. The molecule has 26 heavy (non-hydrogen) atoms. The Balaban J connectivity index is 1.66. The molecule has 0 aliphatic heterocycles. The van der Waals surface area contributed by atoms with E-state index < -0.39 is 11.7 Å². The van der Waals surface area contributed by atoms with E-state index in [1.165, 1.54) is 42.6 Å². The number of nitrogens with zero attached hydrogens (tertiary/aromatic N) is 2. The molecule has 2 aromatic heterocycles. The number of hydrogen-bond donors (Lipinski definition) is 2. The molecule has 2 heterocycles. The predicted molar refractivity (Wildman–Crippen MR) is 94.0 cm³/mol. The first kappa shape index (κ1) is 17.2. The summed E-state index contributed by atoms with van der Waals surface area (Å²) in [5.41, 5.74) is 1.76. The lowest BCUT2D eigenvalue weighted by molar-refractivity contribution is 0.0950. The van der Waals surface area contributed by atoms with E-state index in [0.717, 1.165) is 5.56 Å². The van der Waals surface area contributed by atoms with E-state index in [-0.39, 0.29) is 11.6 Å². The van der Waals surface area contributed by atoms with Gasteiger partial charge in [0.1, 0.15) is 11.5 Å². The van der Waals surface area contributed by atoms with Crippen LogP contribution in [0.25, 0.3) is 0 Å². The maximum Gasteiger partial charge on any atom is 0.274 e. The number of nitrogens with one attached hydrogen (secondary N) is 2. The van der Waals surface area contributed by atoms with Gasteiger partial charge >= 0.3 is 0 Å². The number of benzene rings is 1. The summed E-state index contributed by atoms with van der Waals surface area (Å²) in [5.74, 6) is -1.20. The number of aromatic nitrogens is 2. The molecule has 0 unspecified atom stereocenters. The summed E-state index contributed by atoms with van der Waals surface area (Å²) in [6.45, 7) is 0.348. The van der Waals surface area contributed by atoms with Gasteiger partial charge in [0.05, 0.1) is 0 Å². The third-order valence-electron chi connectivity index (χ3n) is 3.56. The molecule has 130 valence electrons. The number of halogens is 1. The van der Waals surface area contributed by atoms with Crippen LogP contribution in [-0.2, 0) is 6.54 Å². The first-order chi connectivity index (χ1) is 12.6. The zero-order valence-electron chi connectivity index (χ0n) is 13.6. The van der Waals surface area contributed by atoms with E-state index >= 15 is 0 Å². The third kappa shape index (κ3) is 4.47. The molecular weight excluding hydrogens is 335 g/mol. The third-order valence-corrected chi connectivity index (χ3v) is 3.56. The second-order valence-corrected chi connectivity index (χ2v) is 5.43. The number of anilines is 1. The van der Waals surface area contributed by atoms with Gasteiger partial charge in [-0.25, -0.2) is 4.39 Å². The highest BCUT2D eigenvalue weighted by Gasteiger charge is 2.12. The maximum atomic E-state index is 12.9. The van der Waals surface area contributed by atoms with Crippen molar-refractivity contribution in [1.82, 2.24) is 15.3 Å². The Hall–Kier alpha value is -3.61. The molecule has 2 amide bonds. The Morgan fingerprint density at radius 1 is 0.923 bits per heavy atom. The lowest BCUT2D eigenvalue weighted by atomic mass is 10.2. The van der Waals surface area contributed by atoms with Crippen LogP contribution < -0.4 is 10.6 Å². The van der Waals surface area contributed by atoms with Crippen molar-refractivity contribution in [1.29, 1.82) is 0 Å². The summed E-state index contributed by atoms with van der Waals surface area (Å²) in [6, 6.07) is 11.9. The first-order valence-electron chi connectivity index (χ1n) is 7.82. The normalized spacial score (nSPS) is 10.2. The molecule has 2 N–H and O–H groups in total. The molecule has 7 heteroatoms. The van der Waals surface area contributed by atoms with Crippen LogP contribution in [-0.4, -0.2) is 21.8 Å². The van der Waals surface area contributed by atoms with Crippen LogP contribution in [0.4, 0.5) is 10.1 Å². The fourth-order valence-electron chi connectivity index (χ4n) is 2.21. The van der Waals surface area contributed by atoms with Gasteiger partial charge in [0.25, 0.3) is 11.8 Å². The molecule has 0 aliphatic rings. The summed E-state index contributed by atoms with van der Waals surface area (Å²) in [5, 5.41) is 5.37. The van der Waals surface area contributed by atoms with Crippen molar-refractivity contribution in [3.8, 4) is 0 Å². The summed E-state index contributed by atoms with van der Waals surface area (Å²) < 4.78 is 12.9. The molecule has 0 fully saturated rings. The van der Waals surface area contributed by atoms with Crippen molar-refractivity contribution in [2.45, 2.75) is 6.54 Å². The molecule has 0 atom stereocenters. The van der Waals surface area contributed by atoms with Crippen LogP contribution in [0.1, 0.15) is 26.4 Å². The van der Waals surface area contributed by atoms with Crippen LogP contribution in [0.15, 0.2) is 67.1 Å². The van der Waals surface area contributed by atoms with Crippen molar-refractivity contribution in [3.05, 3.63) is 89.8 Å². The lowest BCUT2D eigenvalue weighted by Crippen LogP contribution is -2.23. The standard InChI is InChI=1S/C19H15FN4O2/c20-15-1-3-16(4-2-15)24-19(26)17-11-14(7-10-22-17)18(25)23-12-13-5-8-21-9-6-13/h1-11H,12H2,(H,23,25)(H,24,26). The Labute approximate surface area is 149 Å². The van der Waals surface area contributed by atoms with E-state index in [0.29, 0.717) is 17.8 Å². The van der Waals surface area contributed by atoms with Gasteiger partial charge in [-0.15, -0.1) is 0 Å². The summed E-state index contributed by atoms with van der Waals surface area (Å²) in [4.78, 5) is 32.4. The highest BCUT2D eigenvalue weighted by atomic mass is 19.1. The van der Waals surface area contributed by atoms with Gasteiger partial charge in [-0.05, 0) is 54.1 Å². The van der Waals surface area contributed by atoms with E-state index in [2.05, 4.69) is 20.6 Å². The molecule has 1 aromatic carbocycles. The summed E-state index contributed by atoms with van der Waals surface area (Å²) in [7, 11) is 0. The minimum Gasteiger partial charge on any atom is -0.348 e. The zero-order chi connectivity index (χ0) is 18.4. The monoisotopic (exact) mass is 350 g/mol. The zero-order valence-corrected chi connectivity index (χ0v) is 13.6. The Morgan fingerprint density at radius 2 is 1.65 bits per heavy atom. The first-order valence-corrected chi connectivity index (χ1v) is 7.82. The average Bonchev–Trinajstić information content (AvgIpc) is 2.69.